The third-order valence-electron chi connectivity index (χ3n) is 2.67. The molecule has 0 aliphatic rings. The second-order valence-electron chi connectivity index (χ2n) is 4.07. The van der Waals surface area contributed by atoms with E-state index in [1.165, 1.54) is 31.5 Å². The van der Waals surface area contributed by atoms with E-state index in [4.69, 9.17) is 16.3 Å². The van der Waals surface area contributed by atoms with Crippen LogP contribution in [-0.4, -0.2) is 20.5 Å². The number of sulfonamides is 1. The number of aryl methyl sites for hydroxylation is 1. The average Bonchev–Trinajstić information content (AvgIpc) is 2.41. The van der Waals surface area contributed by atoms with Crippen molar-refractivity contribution in [3.63, 3.8) is 0 Å². The predicted octanol–water partition coefficient (Wildman–Crippen LogP) is 2.85. The van der Waals surface area contributed by atoms with Gasteiger partial charge in [0.1, 0.15) is 11.6 Å². The number of benzene rings is 1. The summed E-state index contributed by atoms with van der Waals surface area (Å²) in [6.07, 6.45) is 1.52. The average molecular weight is 313 g/mol. The molecule has 0 bridgehead atoms. The topological polar surface area (TPSA) is 68.3 Å². The fourth-order valence-electron chi connectivity index (χ4n) is 1.59. The quantitative estimate of drug-likeness (QED) is 0.942. The number of nitrogens with zero attached hydrogens (tertiary/aromatic N) is 1. The Kier molecular flexibility index (Phi) is 4.15. The Morgan fingerprint density at radius 2 is 2.05 bits per heavy atom. The van der Waals surface area contributed by atoms with E-state index in [-0.39, 0.29) is 4.90 Å². The standard InChI is InChI=1S/C13H13ClN2O3S/c1-9-4-3-7-15-13(9)16-20(17,18)10-5-6-11(14)12(8-10)19-2/h3-8H,1-2H3,(H,15,16). The molecule has 1 aromatic heterocycles. The van der Waals surface area contributed by atoms with Gasteiger partial charge in [-0.15, -0.1) is 0 Å². The van der Waals surface area contributed by atoms with Gasteiger partial charge in [0, 0.05) is 12.3 Å². The SMILES string of the molecule is COc1cc(S(=O)(=O)Nc2ncccc2C)ccc1Cl. The number of nitrogens with one attached hydrogen (secondary N) is 1. The van der Waals surface area contributed by atoms with Crippen LogP contribution in [0.25, 0.3) is 0 Å². The van der Waals surface area contributed by atoms with E-state index in [1.54, 1.807) is 19.1 Å². The number of pyridine rings is 1. The molecule has 2 rings (SSSR count). The van der Waals surface area contributed by atoms with Gasteiger partial charge in [-0.1, -0.05) is 17.7 Å². The number of aromatic nitrogens is 1. The number of ether oxygens (including phenoxy) is 1. The van der Waals surface area contributed by atoms with E-state index in [0.29, 0.717) is 16.6 Å². The van der Waals surface area contributed by atoms with Crippen LogP contribution in [0.3, 0.4) is 0 Å². The van der Waals surface area contributed by atoms with Crippen molar-refractivity contribution in [2.75, 3.05) is 11.8 Å². The first kappa shape index (κ1) is 14.6. The second-order valence-corrected chi connectivity index (χ2v) is 6.16. The van der Waals surface area contributed by atoms with Gasteiger partial charge in [0.2, 0.25) is 0 Å². The molecule has 0 aliphatic heterocycles. The van der Waals surface area contributed by atoms with Gasteiger partial charge in [-0.25, -0.2) is 13.4 Å². The van der Waals surface area contributed by atoms with Gasteiger partial charge in [0.05, 0.1) is 17.0 Å². The maximum absolute atomic E-state index is 12.3. The Balaban J connectivity index is 2.38. The Morgan fingerprint density at radius 1 is 1.30 bits per heavy atom. The van der Waals surface area contributed by atoms with Crippen molar-refractivity contribution in [2.45, 2.75) is 11.8 Å². The smallest absolute Gasteiger partial charge is 0.263 e. The lowest BCUT2D eigenvalue weighted by Gasteiger charge is -2.10. The Morgan fingerprint density at radius 3 is 2.70 bits per heavy atom. The zero-order valence-electron chi connectivity index (χ0n) is 10.9. The van der Waals surface area contributed by atoms with Crippen LogP contribution < -0.4 is 9.46 Å². The van der Waals surface area contributed by atoms with Crippen LogP contribution in [0.1, 0.15) is 5.56 Å². The molecule has 5 nitrogen and oxygen atoms in total. The fraction of sp³-hybridized carbons (Fsp3) is 0.154. The highest BCUT2D eigenvalue weighted by Gasteiger charge is 2.17. The van der Waals surface area contributed by atoms with Crippen LogP contribution in [0.4, 0.5) is 5.82 Å². The molecule has 20 heavy (non-hydrogen) atoms. The highest BCUT2D eigenvalue weighted by Crippen LogP contribution is 2.28. The predicted molar refractivity (Wildman–Crippen MR) is 77.8 cm³/mol. The van der Waals surface area contributed by atoms with Gasteiger partial charge in [-0.2, -0.15) is 0 Å². The summed E-state index contributed by atoms with van der Waals surface area (Å²) in [4.78, 5) is 4.06. The molecule has 0 spiro atoms. The molecule has 1 aromatic carbocycles. The summed E-state index contributed by atoms with van der Waals surface area (Å²) >= 11 is 5.88. The summed E-state index contributed by atoms with van der Waals surface area (Å²) in [5.74, 6) is 0.591. The lowest BCUT2D eigenvalue weighted by atomic mass is 10.3. The van der Waals surface area contributed by atoms with Crippen LogP contribution >= 0.6 is 11.6 Å². The van der Waals surface area contributed by atoms with E-state index in [9.17, 15) is 8.42 Å². The molecule has 0 saturated carbocycles. The van der Waals surface area contributed by atoms with E-state index in [0.717, 1.165) is 5.56 Å². The van der Waals surface area contributed by atoms with Crippen LogP contribution in [-0.2, 0) is 10.0 Å². The van der Waals surface area contributed by atoms with E-state index < -0.39 is 10.0 Å². The summed E-state index contributed by atoms with van der Waals surface area (Å²) in [6, 6.07) is 7.75. The molecular weight excluding hydrogens is 300 g/mol. The molecular formula is C13H13ClN2O3S. The van der Waals surface area contributed by atoms with Gasteiger partial charge in [-0.3, -0.25) is 4.72 Å². The zero-order valence-corrected chi connectivity index (χ0v) is 12.5. The van der Waals surface area contributed by atoms with Crippen molar-refractivity contribution in [2.24, 2.45) is 0 Å². The summed E-state index contributed by atoms with van der Waals surface area (Å²) < 4.78 is 32.0. The molecule has 7 heteroatoms. The highest BCUT2D eigenvalue weighted by molar-refractivity contribution is 7.92. The zero-order chi connectivity index (χ0) is 14.8. The van der Waals surface area contributed by atoms with Crippen LogP contribution in [0.15, 0.2) is 41.4 Å². The minimum atomic E-state index is -3.74. The molecule has 0 saturated heterocycles. The first-order chi connectivity index (χ1) is 9.44. The van der Waals surface area contributed by atoms with Crippen molar-refractivity contribution in [3.05, 3.63) is 47.1 Å². The Hall–Kier alpha value is -1.79. The lowest BCUT2D eigenvalue weighted by molar-refractivity contribution is 0.413. The molecule has 0 amide bonds. The fourth-order valence-corrected chi connectivity index (χ4v) is 2.88. The highest BCUT2D eigenvalue weighted by atomic mass is 35.5. The third-order valence-corrected chi connectivity index (χ3v) is 4.32. The molecule has 1 heterocycles. The molecule has 0 unspecified atom stereocenters. The first-order valence-corrected chi connectivity index (χ1v) is 7.58. The molecule has 0 radical (unpaired) electrons. The van der Waals surface area contributed by atoms with Crippen molar-refractivity contribution < 1.29 is 13.2 Å². The molecule has 1 N–H and O–H groups in total. The number of hydrogen-bond acceptors (Lipinski definition) is 4. The number of rotatable bonds is 4. The molecule has 0 aliphatic carbocycles. The molecule has 0 atom stereocenters. The minimum Gasteiger partial charge on any atom is -0.495 e. The van der Waals surface area contributed by atoms with E-state index in [1.807, 2.05) is 0 Å². The molecule has 106 valence electrons. The van der Waals surface area contributed by atoms with Crippen molar-refractivity contribution in [1.82, 2.24) is 4.98 Å². The Labute approximate surface area is 122 Å². The van der Waals surface area contributed by atoms with Crippen LogP contribution in [0.2, 0.25) is 5.02 Å². The maximum Gasteiger partial charge on any atom is 0.263 e. The largest absolute Gasteiger partial charge is 0.495 e. The third kappa shape index (κ3) is 3.02. The van der Waals surface area contributed by atoms with Crippen LogP contribution in [0.5, 0.6) is 5.75 Å². The van der Waals surface area contributed by atoms with Gasteiger partial charge >= 0.3 is 0 Å². The molecule has 0 fully saturated rings. The summed E-state index contributed by atoms with van der Waals surface area (Å²) in [7, 11) is -2.31. The number of anilines is 1. The lowest BCUT2D eigenvalue weighted by Crippen LogP contribution is -2.14. The van der Waals surface area contributed by atoms with Gasteiger partial charge in [0.25, 0.3) is 10.0 Å². The monoisotopic (exact) mass is 312 g/mol. The van der Waals surface area contributed by atoms with Crippen molar-refractivity contribution in [3.8, 4) is 5.75 Å². The molecule has 2 aromatic rings. The Bertz CT molecular complexity index is 732. The van der Waals surface area contributed by atoms with Gasteiger partial charge in [-0.05, 0) is 30.7 Å². The van der Waals surface area contributed by atoms with E-state index >= 15 is 0 Å². The number of hydrogen-bond donors (Lipinski definition) is 1. The summed E-state index contributed by atoms with van der Waals surface area (Å²) in [5.41, 5.74) is 0.733. The number of halogens is 1. The summed E-state index contributed by atoms with van der Waals surface area (Å²) in [6.45, 7) is 1.77. The minimum absolute atomic E-state index is 0.0591. The first-order valence-electron chi connectivity index (χ1n) is 5.72. The van der Waals surface area contributed by atoms with Crippen molar-refractivity contribution in [1.29, 1.82) is 0 Å². The van der Waals surface area contributed by atoms with Crippen LogP contribution in [0, 0.1) is 6.92 Å². The summed E-state index contributed by atoms with van der Waals surface area (Å²) in [5, 5.41) is 0.348. The second kappa shape index (κ2) is 5.68. The van der Waals surface area contributed by atoms with Gasteiger partial charge < -0.3 is 4.74 Å². The van der Waals surface area contributed by atoms with E-state index in [2.05, 4.69) is 9.71 Å². The maximum atomic E-state index is 12.3. The van der Waals surface area contributed by atoms with Gasteiger partial charge in [0.15, 0.2) is 0 Å². The number of methoxy groups -OCH3 is 1. The van der Waals surface area contributed by atoms with Crippen molar-refractivity contribution >= 4 is 27.4 Å². The normalized spacial score (nSPS) is 11.2.